The number of rotatable bonds is 3. The van der Waals surface area contributed by atoms with Crippen LogP contribution < -0.4 is 0 Å². The molecule has 14 heavy (non-hydrogen) atoms. The Balaban J connectivity index is 2.29. The molecule has 1 saturated heterocycles. The lowest BCUT2D eigenvalue weighted by atomic mass is 10.3. The summed E-state index contributed by atoms with van der Waals surface area (Å²) < 4.78 is 0. The highest BCUT2D eigenvalue weighted by atomic mass is 16.3. The molecule has 1 aliphatic rings. The maximum Gasteiger partial charge on any atom is 0.236 e. The molecule has 78 valence electrons. The lowest BCUT2D eigenvalue weighted by Crippen LogP contribution is -2.49. The number of aliphatic hydroxyl groups is 1. The van der Waals surface area contributed by atoms with Gasteiger partial charge in [-0.2, -0.15) is 5.26 Å². The SMILES string of the molecule is N#CCC(=O)N1CCN(CCO)CC1. The first kappa shape index (κ1) is 11.0. The van der Waals surface area contributed by atoms with Gasteiger partial charge >= 0.3 is 0 Å². The summed E-state index contributed by atoms with van der Waals surface area (Å²) in [5.74, 6) is -0.0869. The molecule has 1 amide bonds. The van der Waals surface area contributed by atoms with Gasteiger partial charge in [-0.05, 0) is 0 Å². The predicted octanol–water partition coefficient (Wildman–Crippen LogP) is -0.963. The van der Waals surface area contributed by atoms with Crippen LogP contribution in [0, 0.1) is 11.3 Å². The average Bonchev–Trinajstić information content (AvgIpc) is 2.20. The maximum absolute atomic E-state index is 11.3. The Morgan fingerprint density at radius 2 is 2.00 bits per heavy atom. The van der Waals surface area contributed by atoms with Crippen LogP contribution in [0.4, 0.5) is 0 Å². The molecule has 1 fully saturated rings. The van der Waals surface area contributed by atoms with Gasteiger partial charge in [0, 0.05) is 32.7 Å². The van der Waals surface area contributed by atoms with Crippen LogP contribution >= 0.6 is 0 Å². The first-order valence-corrected chi connectivity index (χ1v) is 4.76. The average molecular weight is 197 g/mol. The van der Waals surface area contributed by atoms with Crippen LogP contribution in [0.1, 0.15) is 6.42 Å². The monoisotopic (exact) mass is 197 g/mol. The third kappa shape index (κ3) is 2.98. The molecule has 0 aliphatic carbocycles. The van der Waals surface area contributed by atoms with E-state index in [2.05, 4.69) is 4.90 Å². The van der Waals surface area contributed by atoms with Gasteiger partial charge in [-0.15, -0.1) is 0 Å². The van der Waals surface area contributed by atoms with E-state index in [1.54, 1.807) is 4.90 Å². The molecule has 0 aromatic heterocycles. The van der Waals surface area contributed by atoms with Crippen molar-refractivity contribution in [2.75, 3.05) is 39.3 Å². The van der Waals surface area contributed by atoms with Gasteiger partial charge in [-0.3, -0.25) is 9.69 Å². The first-order chi connectivity index (χ1) is 6.77. The molecule has 0 radical (unpaired) electrons. The smallest absolute Gasteiger partial charge is 0.236 e. The fourth-order valence-electron chi connectivity index (χ4n) is 1.54. The molecule has 0 aromatic carbocycles. The van der Waals surface area contributed by atoms with E-state index in [1.165, 1.54) is 0 Å². The minimum atomic E-state index is -0.0869. The van der Waals surface area contributed by atoms with Crippen LogP contribution in [0.2, 0.25) is 0 Å². The van der Waals surface area contributed by atoms with Crippen LogP contribution in [0.25, 0.3) is 0 Å². The van der Waals surface area contributed by atoms with Gasteiger partial charge in [0.1, 0.15) is 6.42 Å². The minimum Gasteiger partial charge on any atom is -0.395 e. The molecule has 0 aromatic rings. The molecule has 5 nitrogen and oxygen atoms in total. The molecule has 0 saturated carbocycles. The summed E-state index contributed by atoms with van der Waals surface area (Å²) in [7, 11) is 0. The van der Waals surface area contributed by atoms with Crippen molar-refractivity contribution >= 4 is 5.91 Å². The van der Waals surface area contributed by atoms with E-state index in [4.69, 9.17) is 10.4 Å². The molecule has 0 atom stereocenters. The van der Waals surface area contributed by atoms with E-state index < -0.39 is 0 Å². The van der Waals surface area contributed by atoms with Gasteiger partial charge < -0.3 is 10.0 Å². The van der Waals surface area contributed by atoms with Gasteiger partial charge in [-0.25, -0.2) is 0 Å². The van der Waals surface area contributed by atoms with Crippen molar-refractivity contribution in [2.24, 2.45) is 0 Å². The minimum absolute atomic E-state index is 0.0278. The Morgan fingerprint density at radius 3 is 2.50 bits per heavy atom. The van der Waals surface area contributed by atoms with Crippen molar-refractivity contribution in [1.29, 1.82) is 5.26 Å². The summed E-state index contributed by atoms with van der Waals surface area (Å²) in [4.78, 5) is 15.1. The van der Waals surface area contributed by atoms with Gasteiger partial charge in [0.05, 0.1) is 12.7 Å². The quantitative estimate of drug-likeness (QED) is 0.632. The standard InChI is InChI=1S/C9H15N3O2/c10-2-1-9(14)12-5-3-11(4-6-12)7-8-13/h13H,1,3-8H2. The van der Waals surface area contributed by atoms with Crippen LogP contribution in [0.3, 0.4) is 0 Å². The second kappa shape index (κ2) is 5.58. The first-order valence-electron chi connectivity index (χ1n) is 4.76. The topological polar surface area (TPSA) is 67.6 Å². The molecular weight excluding hydrogens is 182 g/mol. The Hall–Kier alpha value is -1.12. The summed E-state index contributed by atoms with van der Waals surface area (Å²) in [6.45, 7) is 3.74. The van der Waals surface area contributed by atoms with Crippen molar-refractivity contribution in [3.8, 4) is 6.07 Å². The van der Waals surface area contributed by atoms with Gasteiger partial charge in [0.2, 0.25) is 5.91 Å². The van der Waals surface area contributed by atoms with Crippen LogP contribution in [-0.2, 0) is 4.79 Å². The van der Waals surface area contributed by atoms with E-state index >= 15 is 0 Å². The van der Waals surface area contributed by atoms with E-state index in [-0.39, 0.29) is 18.9 Å². The van der Waals surface area contributed by atoms with Gasteiger partial charge in [0.25, 0.3) is 0 Å². The summed E-state index contributed by atoms with van der Waals surface area (Å²) in [5.41, 5.74) is 0. The fraction of sp³-hybridized carbons (Fsp3) is 0.778. The zero-order valence-corrected chi connectivity index (χ0v) is 8.15. The second-order valence-corrected chi connectivity index (χ2v) is 3.28. The summed E-state index contributed by atoms with van der Waals surface area (Å²) >= 11 is 0. The van der Waals surface area contributed by atoms with Gasteiger partial charge in [-0.1, -0.05) is 0 Å². The molecular formula is C9H15N3O2. The molecule has 0 spiro atoms. The van der Waals surface area contributed by atoms with E-state index in [1.807, 2.05) is 6.07 Å². The zero-order chi connectivity index (χ0) is 10.4. The number of nitrogens with zero attached hydrogens (tertiary/aromatic N) is 3. The van der Waals surface area contributed by atoms with Crippen molar-refractivity contribution in [3.63, 3.8) is 0 Å². The van der Waals surface area contributed by atoms with Crippen LogP contribution in [0.15, 0.2) is 0 Å². The second-order valence-electron chi connectivity index (χ2n) is 3.28. The lowest BCUT2D eigenvalue weighted by molar-refractivity contribution is -0.131. The number of carbonyl (C=O) groups is 1. The largest absolute Gasteiger partial charge is 0.395 e. The van der Waals surface area contributed by atoms with E-state index in [9.17, 15) is 4.79 Å². The number of aliphatic hydroxyl groups excluding tert-OH is 1. The molecule has 1 rings (SSSR count). The zero-order valence-electron chi connectivity index (χ0n) is 8.15. The number of piperazine rings is 1. The molecule has 1 heterocycles. The molecule has 1 N–H and O–H groups in total. The van der Waals surface area contributed by atoms with Crippen molar-refractivity contribution in [1.82, 2.24) is 9.80 Å². The summed E-state index contributed by atoms with van der Waals surface area (Å²) in [6, 6.07) is 1.86. The van der Waals surface area contributed by atoms with Gasteiger partial charge in [0.15, 0.2) is 0 Å². The highest BCUT2D eigenvalue weighted by Crippen LogP contribution is 2.02. The molecule has 1 aliphatic heterocycles. The normalized spacial score (nSPS) is 17.9. The maximum atomic E-state index is 11.3. The highest BCUT2D eigenvalue weighted by Gasteiger charge is 2.19. The predicted molar refractivity (Wildman–Crippen MR) is 50.3 cm³/mol. The third-order valence-electron chi connectivity index (χ3n) is 2.37. The van der Waals surface area contributed by atoms with Crippen molar-refractivity contribution in [3.05, 3.63) is 0 Å². The molecule has 0 bridgehead atoms. The summed E-state index contributed by atoms with van der Waals surface area (Å²) in [5, 5.41) is 17.1. The Labute approximate surface area is 83.5 Å². The van der Waals surface area contributed by atoms with Crippen LogP contribution in [-0.4, -0.2) is 60.1 Å². The Morgan fingerprint density at radius 1 is 1.36 bits per heavy atom. The number of amides is 1. The number of hydrogen-bond donors (Lipinski definition) is 1. The fourth-order valence-corrected chi connectivity index (χ4v) is 1.54. The number of carbonyl (C=O) groups excluding carboxylic acids is 1. The number of nitriles is 1. The van der Waals surface area contributed by atoms with E-state index in [0.717, 1.165) is 13.1 Å². The highest BCUT2D eigenvalue weighted by molar-refractivity contribution is 5.78. The van der Waals surface area contributed by atoms with E-state index in [0.29, 0.717) is 19.6 Å². The molecule has 0 unspecified atom stereocenters. The van der Waals surface area contributed by atoms with Crippen LogP contribution in [0.5, 0.6) is 0 Å². The third-order valence-corrected chi connectivity index (χ3v) is 2.37. The molecule has 5 heteroatoms. The Kier molecular flexibility index (Phi) is 4.36. The summed E-state index contributed by atoms with van der Waals surface area (Å²) in [6.07, 6.45) is -0.0278. The Bertz CT molecular complexity index is 229. The van der Waals surface area contributed by atoms with Crippen molar-refractivity contribution in [2.45, 2.75) is 6.42 Å². The van der Waals surface area contributed by atoms with Crippen molar-refractivity contribution < 1.29 is 9.90 Å². The number of hydrogen-bond acceptors (Lipinski definition) is 4. The number of β-amino-alcohol motifs (C(OH)–C–C–N with tert-alkyl or cyclic N) is 1. The lowest BCUT2D eigenvalue weighted by Gasteiger charge is -2.33.